The summed E-state index contributed by atoms with van der Waals surface area (Å²) in [7, 11) is 0. The molecule has 0 aliphatic heterocycles. The van der Waals surface area contributed by atoms with Crippen LogP contribution in [0.1, 0.15) is 47.9 Å². The predicted molar refractivity (Wildman–Crippen MR) is 74.6 cm³/mol. The van der Waals surface area contributed by atoms with Crippen LogP contribution in [0, 0.1) is 6.92 Å². The minimum atomic E-state index is -0.197. The summed E-state index contributed by atoms with van der Waals surface area (Å²) in [5.74, 6) is 0.0977. The fraction of sp³-hybridized carbons (Fsp3) is 0.500. The van der Waals surface area contributed by atoms with Gasteiger partial charge in [-0.1, -0.05) is 25.2 Å². The summed E-state index contributed by atoms with van der Waals surface area (Å²) in [6.45, 7) is 8.57. The average molecular weight is 279 g/mol. The third-order valence-electron chi connectivity index (χ3n) is 2.67. The van der Waals surface area contributed by atoms with Crippen molar-refractivity contribution in [1.29, 1.82) is 0 Å². The second kappa shape index (κ2) is 5.48. The largest absolute Gasteiger partial charge is 0.295 e. The number of carbonyl (C=O) groups is 1. The number of nitrogens with one attached hydrogen (secondary N) is 1. The molecule has 0 radical (unpaired) electrons. The van der Waals surface area contributed by atoms with Crippen LogP contribution in [0.3, 0.4) is 0 Å². The molecule has 6 nitrogen and oxygen atoms in total. The molecular formula is C12H17N5OS. The molecule has 2 rings (SSSR count). The molecule has 7 heteroatoms. The number of hydrogen-bond donors (Lipinski definition) is 1. The van der Waals surface area contributed by atoms with Crippen molar-refractivity contribution in [2.75, 3.05) is 5.32 Å². The fourth-order valence-corrected chi connectivity index (χ4v) is 2.24. The Hall–Kier alpha value is -1.76. The molecule has 1 N–H and O–H groups in total. The van der Waals surface area contributed by atoms with Gasteiger partial charge >= 0.3 is 0 Å². The summed E-state index contributed by atoms with van der Waals surface area (Å²) in [6, 6.07) is 1.83. The van der Waals surface area contributed by atoms with Crippen LogP contribution in [-0.2, 0) is 6.54 Å². The number of anilines is 1. The second-order valence-electron chi connectivity index (χ2n) is 4.51. The quantitative estimate of drug-likeness (QED) is 0.933. The van der Waals surface area contributed by atoms with Gasteiger partial charge in [0.2, 0.25) is 5.13 Å². The summed E-state index contributed by atoms with van der Waals surface area (Å²) >= 11 is 1.35. The zero-order chi connectivity index (χ0) is 14.0. The summed E-state index contributed by atoms with van der Waals surface area (Å²) in [5, 5.41) is 16.3. The molecule has 0 aliphatic carbocycles. The van der Waals surface area contributed by atoms with Gasteiger partial charge in [0.25, 0.3) is 5.91 Å². The minimum Gasteiger partial charge on any atom is -0.295 e. The molecule has 0 unspecified atom stereocenters. The highest BCUT2D eigenvalue weighted by molar-refractivity contribution is 7.15. The second-order valence-corrected chi connectivity index (χ2v) is 5.69. The molecule has 0 spiro atoms. The van der Waals surface area contributed by atoms with Gasteiger partial charge in [0.1, 0.15) is 10.7 Å². The van der Waals surface area contributed by atoms with Crippen LogP contribution in [0.2, 0.25) is 0 Å². The molecule has 0 saturated carbocycles. The van der Waals surface area contributed by atoms with E-state index in [0.717, 1.165) is 10.7 Å². The molecular weight excluding hydrogens is 262 g/mol. The lowest BCUT2D eigenvalue weighted by Crippen LogP contribution is -2.17. The topological polar surface area (TPSA) is 72.7 Å². The van der Waals surface area contributed by atoms with Crippen molar-refractivity contribution in [3.8, 4) is 0 Å². The SMILES string of the molecule is CCn1nc(C(C)C)cc1C(=O)Nc1nnc(C)s1. The van der Waals surface area contributed by atoms with E-state index in [1.54, 1.807) is 4.68 Å². The average Bonchev–Trinajstić information content (AvgIpc) is 2.95. The number of aromatic nitrogens is 4. The van der Waals surface area contributed by atoms with Crippen molar-refractivity contribution >= 4 is 22.4 Å². The highest BCUT2D eigenvalue weighted by atomic mass is 32.1. The van der Waals surface area contributed by atoms with Crippen LogP contribution in [0.15, 0.2) is 6.07 Å². The monoisotopic (exact) mass is 279 g/mol. The van der Waals surface area contributed by atoms with Crippen LogP contribution in [-0.4, -0.2) is 25.9 Å². The van der Waals surface area contributed by atoms with E-state index in [-0.39, 0.29) is 5.91 Å². The number of amides is 1. The maximum absolute atomic E-state index is 12.2. The van der Waals surface area contributed by atoms with E-state index in [1.807, 2.05) is 19.9 Å². The normalized spacial score (nSPS) is 11.0. The number of hydrogen-bond acceptors (Lipinski definition) is 5. The Morgan fingerprint density at radius 2 is 2.21 bits per heavy atom. The van der Waals surface area contributed by atoms with Crippen LogP contribution < -0.4 is 5.32 Å². The van der Waals surface area contributed by atoms with E-state index >= 15 is 0 Å². The van der Waals surface area contributed by atoms with E-state index in [4.69, 9.17) is 0 Å². The van der Waals surface area contributed by atoms with Gasteiger partial charge in [-0.15, -0.1) is 10.2 Å². The number of carbonyl (C=O) groups excluding carboxylic acids is 1. The molecule has 102 valence electrons. The Kier molecular flexibility index (Phi) is 3.94. The lowest BCUT2D eigenvalue weighted by molar-refractivity contribution is 0.101. The van der Waals surface area contributed by atoms with E-state index in [1.165, 1.54) is 11.3 Å². The summed E-state index contributed by atoms with van der Waals surface area (Å²) in [5.41, 5.74) is 1.47. The first-order valence-electron chi connectivity index (χ1n) is 6.20. The first kappa shape index (κ1) is 13.7. The standard InChI is InChI=1S/C12H17N5OS/c1-5-17-10(6-9(16-17)7(2)3)11(18)13-12-15-14-8(4)19-12/h6-7H,5H2,1-4H3,(H,13,15,18). The highest BCUT2D eigenvalue weighted by Gasteiger charge is 2.17. The van der Waals surface area contributed by atoms with E-state index in [9.17, 15) is 4.79 Å². The molecule has 0 aliphatic rings. The summed E-state index contributed by atoms with van der Waals surface area (Å²) in [4.78, 5) is 12.2. The van der Waals surface area contributed by atoms with Gasteiger partial charge in [-0.2, -0.15) is 5.10 Å². The maximum atomic E-state index is 12.2. The lowest BCUT2D eigenvalue weighted by Gasteiger charge is -2.03. The number of aryl methyl sites for hydroxylation is 2. The van der Waals surface area contributed by atoms with Gasteiger partial charge in [0, 0.05) is 6.54 Å². The molecule has 19 heavy (non-hydrogen) atoms. The third-order valence-corrected chi connectivity index (χ3v) is 3.42. The Bertz CT molecular complexity index is 587. The van der Waals surface area contributed by atoms with Crippen molar-refractivity contribution in [1.82, 2.24) is 20.0 Å². The maximum Gasteiger partial charge on any atom is 0.275 e. The summed E-state index contributed by atoms with van der Waals surface area (Å²) < 4.78 is 1.71. The molecule has 0 bridgehead atoms. The zero-order valence-electron chi connectivity index (χ0n) is 11.5. The molecule has 0 atom stereocenters. The van der Waals surface area contributed by atoms with Gasteiger partial charge in [0.15, 0.2) is 0 Å². The van der Waals surface area contributed by atoms with Gasteiger partial charge in [0.05, 0.1) is 5.69 Å². The van der Waals surface area contributed by atoms with Gasteiger partial charge < -0.3 is 0 Å². The highest BCUT2D eigenvalue weighted by Crippen LogP contribution is 2.18. The zero-order valence-corrected chi connectivity index (χ0v) is 12.3. The van der Waals surface area contributed by atoms with E-state index < -0.39 is 0 Å². The smallest absolute Gasteiger partial charge is 0.275 e. The van der Waals surface area contributed by atoms with Crippen molar-refractivity contribution in [3.63, 3.8) is 0 Å². The Labute approximate surface area is 115 Å². The molecule has 2 heterocycles. The van der Waals surface area contributed by atoms with E-state index in [2.05, 4.69) is 34.5 Å². The Morgan fingerprint density at radius 1 is 1.47 bits per heavy atom. The Morgan fingerprint density at radius 3 is 2.74 bits per heavy atom. The van der Waals surface area contributed by atoms with Gasteiger partial charge in [-0.05, 0) is 25.8 Å². The van der Waals surface area contributed by atoms with Crippen molar-refractivity contribution in [2.24, 2.45) is 0 Å². The molecule has 0 aromatic carbocycles. The van der Waals surface area contributed by atoms with Crippen molar-refractivity contribution in [2.45, 2.75) is 40.2 Å². The predicted octanol–water partition coefficient (Wildman–Crippen LogP) is 2.44. The Balaban J connectivity index is 2.22. The minimum absolute atomic E-state index is 0.197. The van der Waals surface area contributed by atoms with Crippen LogP contribution in [0.25, 0.3) is 0 Å². The molecule has 0 saturated heterocycles. The fourth-order valence-electron chi connectivity index (χ4n) is 1.65. The molecule has 0 fully saturated rings. The number of nitrogens with zero attached hydrogens (tertiary/aromatic N) is 4. The van der Waals surface area contributed by atoms with Gasteiger partial charge in [-0.3, -0.25) is 14.8 Å². The third kappa shape index (κ3) is 2.98. The lowest BCUT2D eigenvalue weighted by atomic mass is 10.1. The van der Waals surface area contributed by atoms with Crippen molar-refractivity contribution in [3.05, 3.63) is 22.5 Å². The van der Waals surface area contributed by atoms with E-state index in [0.29, 0.717) is 23.3 Å². The summed E-state index contributed by atoms with van der Waals surface area (Å²) in [6.07, 6.45) is 0. The van der Waals surface area contributed by atoms with Crippen LogP contribution in [0.4, 0.5) is 5.13 Å². The van der Waals surface area contributed by atoms with Crippen molar-refractivity contribution < 1.29 is 4.79 Å². The van der Waals surface area contributed by atoms with Crippen LogP contribution in [0.5, 0.6) is 0 Å². The molecule has 2 aromatic heterocycles. The van der Waals surface area contributed by atoms with Gasteiger partial charge in [-0.25, -0.2) is 0 Å². The first-order valence-corrected chi connectivity index (χ1v) is 7.02. The van der Waals surface area contributed by atoms with Crippen LogP contribution >= 0.6 is 11.3 Å². The number of rotatable bonds is 4. The molecule has 1 amide bonds. The first-order chi connectivity index (χ1) is 9.01. The molecule has 2 aromatic rings.